The van der Waals surface area contributed by atoms with Crippen molar-refractivity contribution in [3.05, 3.63) is 62.3 Å². The second-order valence-electron chi connectivity index (χ2n) is 6.00. The lowest BCUT2D eigenvalue weighted by molar-refractivity contribution is -0.113. The number of nitrogens with zero attached hydrogens (tertiary/aromatic N) is 3. The smallest absolute Gasteiger partial charge is 0.234 e. The van der Waals surface area contributed by atoms with Crippen LogP contribution in [0.25, 0.3) is 0 Å². The Hall–Kier alpha value is -1.64. The molecule has 2 aromatic carbocycles. The van der Waals surface area contributed by atoms with Crippen molar-refractivity contribution in [1.82, 2.24) is 14.8 Å². The number of anilines is 1. The van der Waals surface area contributed by atoms with E-state index in [-0.39, 0.29) is 18.3 Å². The molecule has 1 N–H and O–H groups in total. The van der Waals surface area contributed by atoms with Crippen LogP contribution in [0.2, 0.25) is 20.1 Å². The van der Waals surface area contributed by atoms with Crippen molar-refractivity contribution in [3.63, 3.8) is 0 Å². The van der Waals surface area contributed by atoms with Gasteiger partial charge in [-0.25, -0.2) is 0 Å². The standard InChI is InChI=1S/C19H16Cl4N4O2S/c1-2-27-17(9-29-16-8-11(20)3-4-15(16)23)25-26-19(27)30-10-18(28)24-14-6-12(21)5-13(22)7-14/h3-8H,2,9-10H2,1H3,(H,24,28). The van der Waals surface area contributed by atoms with Gasteiger partial charge < -0.3 is 14.6 Å². The van der Waals surface area contributed by atoms with E-state index in [9.17, 15) is 4.79 Å². The zero-order valence-electron chi connectivity index (χ0n) is 15.7. The van der Waals surface area contributed by atoms with Crippen LogP contribution in [0.5, 0.6) is 5.75 Å². The highest BCUT2D eigenvalue weighted by molar-refractivity contribution is 7.99. The fourth-order valence-corrected chi connectivity index (χ4v) is 4.21. The molecule has 0 spiro atoms. The molecule has 0 aliphatic heterocycles. The summed E-state index contributed by atoms with van der Waals surface area (Å²) in [5, 5.41) is 13.6. The third kappa shape index (κ3) is 6.18. The first-order valence-electron chi connectivity index (χ1n) is 8.74. The Morgan fingerprint density at radius 3 is 2.50 bits per heavy atom. The number of thioether (sulfide) groups is 1. The van der Waals surface area contributed by atoms with Crippen LogP contribution < -0.4 is 10.1 Å². The van der Waals surface area contributed by atoms with E-state index in [2.05, 4.69) is 15.5 Å². The van der Waals surface area contributed by atoms with Gasteiger partial charge in [0.1, 0.15) is 12.4 Å². The number of hydrogen-bond acceptors (Lipinski definition) is 5. The molecule has 3 aromatic rings. The second kappa shape index (κ2) is 10.6. The molecule has 0 unspecified atom stereocenters. The summed E-state index contributed by atoms with van der Waals surface area (Å²) in [6.07, 6.45) is 0. The number of carbonyl (C=O) groups excluding carboxylic acids is 1. The number of amides is 1. The lowest BCUT2D eigenvalue weighted by Gasteiger charge is -2.10. The summed E-state index contributed by atoms with van der Waals surface area (Å²) >= 11 is 25.3. The molecule has 0 radical (unpaired) electrons. The number of ether oxygens (including phenoxy) is 1. The summed E-state index contributed by atoms with van der Waals surface area (Å²) in [6, 6.07) is 9.83. The minimum absolute atomic E-state index is 0.142. The average molecular weight is 506 g/mol. The molecule has 30 heavy (non-hydrogen) atoms. The van der Waals surface area contributed by atoms with Crippen LogP contribution in [0.15, 0.2) is 41.6 Å². The van der Waals surface area contributed by atoms with Gasteiger partial charge in [0.25, 0.3) is 0 Å². The predicted molar refractivity (Wildman–Crippen MR) is 122 cm³/mol. The topological polar surface area (TPSA) is 69.0 Å². The van der Waals surface area contributed by atoms with Gasteiger partial charge in [-0.2, -0.15) is 0 Å². The summed E-state index contributed by atoms with van der Waals surface area (Å²) in [5.74, 6) is 0.998. The van der Waals surface area contributed by atoms with E-state index in [1.807, 2.05) is 11.5 Å². The number of carbonyl (C=O) groups is 1. The first kappa shape index (κ1) is 23.0. The van der Waals surface area contributed by atoms with Crippen LogP contribution in [-0.4, -0.2) is 26.4 Å². The molecule has 158 valence electrons. The highest BCUT2D eigenvalue weighted by Gasteiger charge is 2.15. The first-order chi connectivity index (χ1) is 14.4. The number of rotatable bonds is 8. The van der Waals surface area contributed by atoms with Gasteiger partial charge in [-0.15, -0.1) is 10.2 Å². The van der Waals surface area contributed by atoms with Crippen molar-refractivity contribution < 1.29 is 9.53 Å². The molecule has 0 bridgehead atoms. The fourth-order valence-electron chi connectivity index (χ4n) is 2.53. The molecule has 0 aliphatic carbocycles. The van der Waals surface area contributed by atoms with Gasteiger partial charge in [0.05, 0.1) is 10.8 Å². The molecule has 3 rings (SSSR count). The molecule has 1 aromatic heterocycles. The molecule has 0 fully saturated rings. The van der Waals surface area contributed by atoms with Gasteiger partial charge >= 0.3 is 0 Å². The van der Waals surface area contributed by atoms with Gasteiger partial charge in [0.15, 0.2) is 11.0 Å². The summed E-state index contributed by atoms with van der Waals surface area (Å²) in [6.45, 7) is 2.73. The number of nitrogens with one attached hydrogen (secondary N) is 1. The number of benzene rings is 2. The van der Waals surface area contributed by atoms with E-state index in [0.717, 1.165) is 0 Å². The summed E-state index contributed by atoms with van der Waals surface area (Å²) in [7, 11) is 0. The van der Waals surface area contributed by atoms with Crippen molar-refractivity contribution >= 4 is 69.8 Å². The first-order valence-corrected chi connectivity index (χ1v) is 11.2. The Bertz CT molecular complexity index is 1040. The van der Waals surface area contributed by atoms with E-state index < -0.39 is 0 Å². The van der Waals surface area contributed by atoms with Crippen LogP contribution in [0.3, 0.4) is 0 Å². The normalized spacial score (nSPS) is 10.8. The molecular weight excluding hydrogens is 490 g/mol. The van der Waals surface area contributed by atoms with Crippen molar-refractivity contribution in [1.29, 1.82) is 0 Å². The average Bonchev–Trinajstić information content (AvgIpc) is 3.08. The highest BCUT2D eigenvalue weighted by atomic mass is 35.5. The molecule has 0 atom stereocenters. The maximum atomic E-state index is 12.3. The van der Waals surface area contributed by atoms with Crippen LogP contribution in [0.4, 0.5) is 5.69 Å². The van der Waals surface area contributed by atoms with Gasteiger partial charge in [-0.05, 0) is 37.3 Å². The Balaban J connectivity index is 1.61. The minimum atomic E-state index is -0.215. The van der Waals surface area contributed by atoms with Crippen LogP contribution in [-0.2, 0) is 17.9 Å². The van der Waals surface area contributed by atoms with Crippen molar-refractivity contribution in [2.75, 3.05) is 11.1 Å². The molecule has 0 saturated heterocycles. The Labute approximate surface area is 197 Å². The molecule has 1 heterocycles. The largest absolute Gasteiger partial charge is 0.484 e. The van der Waals surface area contributed by atoms with Crippen molar-refractivity contribution in [2.45, 2.75) is 25.2 Å². The van der Waals surface area contributed by atoms with Crippen molar-refractivity contribution in [3.8, 4) is 5.75 Å². The zero-order chi connectivity index (χ0) is 21.7. The molecular formula is C19H16Cl4N4O2S. The summed E-state index contributed by atoms with van der Waals surface area (Å²) in [5.41, 5.74) is 0.530. The van der Waals surface area contributed by atoms with E-state index in [0.29, 0.717) is 49.1 Å². The summed E-state index contributed by atoms with van der Waals surface area (Å²) in [4.78, 5) is 12.3. The molecule has 6 nitrogen and oxygen atoms in total. The Kier molecular flexibility index (Phi) is 8.13. The molecule has 1 amide bonds. The summed E-state index contributed by atoms with van der Waals surface area (Å²) < 4.78 is 7.60. The second-order valence-corrected chi connectivity index (χ2v) is 8.66. The lowest BCUT2D eigenvalue weighted by Crippen LogP contribution is -2.15. The van der Waals surface area contributed by atoms with E-state index in [1.54, 1.807) is 36.4 Å². The van der Waals surface area contributed by atoms with E-state index in [1.165, 1.54) is 11.8 Å². The van der Waals surface area contributed by atoms with E-state index >= 15 is 0 Å². The molecule has 11 heteroatoms. The third-order valence-corrected chi connectivity index (χ3v) is 5.79. The van der Waals surface area contributed by atoms with Crippen LogP contribution >= 0.6 is 58.2 Å². The quantitative estimate of drug-likeness (QED) is 0.368. The number of halogens is 4. The van der Waals surface area contributed by atoms with Gasteiger partial charge in [-0.1, -0.05) is 58.2 Å². The highest BCUT2D eigenvalue weighted by Crippen LogP contribution is 2.29. The number of aromatic nitrogens is 3. The third-order valence-electron chi connectivity index (χ3n) is 3.84. The zero-order valence-corrected chi connectivity index (χ0v) is 19.5. The van der Waals surface area contributed by atoms with Gasteiger partial charge in [0.2, 0.25) is 5.91 Å². The SMILES string of the molecule is CCn1c(COc2cc(Cl)ccc2Cl)nnc1SCC(=O)Nc1cc(Cl)cc(Cl)c1. The van der Waals surface area contributed by atoms with Crippen molar-refractivity contribution in [2.24, 2.45) is 0 Å². The minimum Gasteiger partial charge on any atom is -0.484 e. The fraction of sp³-hybridized carbons (Fsp3) is 0.211. The predicted octanol–water partition coefficient (Wildman–Crippen LogP) is 6.22. The monoisotopic (exact) mass is 504 g/mol. The molecule has 0 aliphatic rings. The Morgan fingerprint density at radius 1 is 1.07 bits per heavy atom. The number of hydrogen-bond donors (Lipinski definition) is 1. The molecule has 0 saturated carbocycles. The Morgan fingerprint density at radius 2 is 1.80 bits per heavy atom. The van der Waals surface area contributed by atoms with Crippen LogP contribution in [0, 0.1) is 0 Å². The van der Waals surface area contributed by atoms with Gasteiger partial charge in [-0.3, -0.25) is 4.79 Å². The maximum absolute atomic E-state index is 12.3. The van der Waals surface area contributed by atoms with Crippen LogP contribution in [0.1, 0.15) is 12.7 Å². The van der Waals surface area contributed by atoms with E-state index in [4.69, 9.17) is 51.1 Å². The maximum Gasteiger partial charge on any atom is 0.234 e. The lowest BCUT2D eigenvalue weighted by atomic mass is 10.3. The van der Waals surface area contributed by atoms with Gasteiger partial charge in [0, 0.05) is 33.4 Å².